The zero-order chi connectivity index (χ0) is 12.1. The molecule has 1 aromatic rings. The van der Waals surface area contributed by atoms with E-state index < -0.39 is 6.10 Å². The second-order valence-corrected chi connectivity index (χ2v) is 4.18. The summed E-state index contributed by atoms with van der Waals surface area (Å²) in [5.74, 6) is 0. The van der Waals surface area contributed by atoms with Gasteiger partial charge in [-0.2, -0.15) is 0 Å². The minimum atomic E-state index is -0.407. The van der Waals surface area contributed by atoms with E-state index in [-0.39, 0.29) is 0 Å². The van der Waals surface area contributed by atoms with E-state index in [4.69, 9.17) is 4.74 Å². The fourth-order valence-corrected chi connectivity index (χ4v) is 1.60. The lowest BCUT2D eigenvalue weighted by Gasteiger charge is -2.26. The zero-order valence-electron chi connectivity index (χ0n) is 10.5. The summed E-state index contributed by atoms with van der Waals surface area (Å²) in [5, 5.41) is 9.41. The van der Waals surface area contributed by atoms with E-state index >= 15 is 0 Å². The van der Waals surface area contributed by atoms with Crippen molar-refractivity contribution in [2.24, 2.45) is 0 Å². The highest BCUT2D eigenvalue weighted by Crippen LogP contribution is 2.19. The van der Waals surface area contributed by atoms with Crippen molar-refractivity contribution in [3.8, 4) is 0 Å². The number of ether oxygens (including phenoxy) is 1. The van der Waals surface area contributed by atoms with E-state index in [0.29, 0.717) is 12.6 Å². The minimum Gasteiger partial charge on any atom is -0.389 e. The van der Waals surface area contributed by atoms with Crippen molar-refractivity contribution >= 4 is 5.69 Å². The van der Waals surface area contributed by atoms with Crippen molar-refractivity contribution in [2.75, 3.05) is 25.7 Å². The molecule has 2 atom stereocenters. The van der Waals surface area contributed by atoms with Crippen LogP contribution in [0.1, 0.15) is 25.5 Å². The van der Waals surface area contributed by atoms with E-state index in [1.54, 1.807) is 14.0 Å². The van der Waals surface area contributed by atoms with Gasteiger partial charge < -0.3 is 14.7 Å². The number of aliphatic hydroxyl groups excluding tert-OH is 1. The zero-order valence-corrected chi connectivity index (χ0v) is 10.5. The van der Waals surface area contributed by atoms with Crippen molar-refractivity contribution < 1.29 is 9.84 Å². The first-order chi connectivity index (χ1) is 7.56. The Kier molecular flexibility index (Phi) is 4.77. The van der Waals surface area contributed by atoms with Gasteiger partial charge in [-0.05, 0) is 31.5 Å². The molecule has 0 spiro atoms. The number of hydrogen-bond donors (Lipinski definition) is 1. The Morgan fingerprint density at radius 2 is 1.81 bits per heavy atom. The maximum Gasteiger partial charge on any atom is 0.0761 e. The molecule has 3 nitrogen and oxygen atoms in total. The molecule has 0 saturated heterocycles. The summed E-state index contributed by atoms with van der Waals surface area (Å²) in [7, 11) is 3.75. The van der Waals surface area contributed by atoms with Crippen LogP contribution in [0.25, 0.3) is 0 Å². The summed E-state index contributed by atoms with van der Waals surface area (Å²) in [4.78, 5) is 2.16. The smallest absolute Gasteiger partial charge is 0.0761 e. The molecule has 0 aromatic heterocycles. The van der Waals surface area contributed by atoms with Gasteiger partial charge in [0.05, 0.1) is 12.7 Å². The molecule has 0 radical (unpaired) electrons. The second kappa shape index (κ2) is 5.87. The third kappa shape index (κ3) is 3.22. The molecule has 0 saturated carbocycles. The monoisotopic (exact) mass is 223 g/mol. The summed E-state index contributed by atoms with van der Waals surface area (Å²) in [6.45, 7) is 4.59. The molecule has 0 aliphatic heterocycles. The standard InChI is InChI=1S/C13H21NO2/c1-10(9-16-4)14(3)13-7-5-12(6-8-13)11(2)15/h5-8,10-11,15H,9H2,1-4H3. The van der Waals surface area contributed by atoms with Gasteiger partial charge in [-0.15, -0.1) is 0 Å². The average Bonchev–Trinajstić information content (AvgIpc) is 2.28. The van der Waals surface area contributed by atoms with E-state index in [9.17, 15) is 5.11 Å². The Balaban J connectivity index is 2.73. The van der Waals surface area contributed by atoms with Gasteiger partial charge in [0, 0.05) is 25.9 Å². The van der Waals surface area contributed by atoms with Gasteiger partial charge in [-0.25, -0.2) is 0 Å². The highest BCUT2D eigenvalue weighted by molar-refractivity contribution is 5.48. The number of aliphatic hydroxyl groups is 1. The molecule has 0 aliphatic carbocycles. The second-order valence-electron chi connectivity index (χ2n) is 4.18. The number of anilines is 1. The number of benzene rings is 1. The molecule has 1 aromatic carbocycles. The first-order valence-corrected chi connectivity index (χ1v) is 5.56. The van der Waals surface area contributed by atoms with E-state index in [2.05, 4.69) is 11.8 Å². The van der Waals surface area contributed by atoms with Crippen LogP contribution in [0.15, 0.2) is 24.3 Å². The topological polar surface area (TPSA) is 32.7 Å². The summed E-state index contributed by atoms with van der Waals surface area (Å²) in [5.41, 5.74) is 2.07. The molecule has 90 valence electrons. The van der Waals surface area contributed by atoms with Gasteiger partial charge in [0.2, 0.25) is 0 Å². The summed E-state index contributed by atoms with van der Waals surface area (Å²) in [6.07, 6.45) is -0.407. The van der Waals surface area contributed by atoms with Gasteiger partial charge in [0.25, 0.3) is 0 Å². The number of hydrogen-bond acceptors (Lipinski definition) is 3. The van der Waals surface area contributed by atoms with Crippen LogP contribution in [0.4, 0.5) is 5.69 Å². The largest absolute Gasteiger partial charge is 0.389 e. The molecular formula is C13H21NO2. The Labute approximate surface area is 97.7 Å². The van der Waals surface area contributed by atoms with Crippen LogP contribution in [-0.2, 0) is 4.74 Å². The molecular weight excluding hydrogens is 202 g/mol. The third-order valence-corrected chi connectivity index (χ3v) is 2.85. The van der Waals surface area contributed by atoms with Crippen LogP contribution in [-0.4, -0.2) is 31.9 Å². The Bertz CT molecular complexity index is 308. The highest BCUT2D eigenvalue weighted by atomic mass is 16.5. The number of nitrogens with zero attached hydrogens (tertiary/aromatic N) is 1. The van der Waals surface area contributed by atoms with Crippen LogP contribution < -0.4 is 4.90 Å². The predicted molar refractivity (Wildman–Crippen MR) is 66.8 cm³/mol. The number of rotatable bonds is 5. The first kappa shape index (κ1) is 13.0. The van der Waals surface area contributed by atoms with Crippen LogP contribution in [0, 0.1) is 0 Å². The van der Waals surface area contributed by atoms with Gasteiger partial charge in [0.15, 0.2) is 0 Å². The SMILES string of the molecule is COCC(C)N(C)c1ccc(C(C)O)cc1. The van der Waals surface area contributed by atoms with Crippen molar-refractivity contribution in [1.82, 2.24) is 0 Å². The predicted octanol–water partition coefficient (Wildman–Crippen LogP) is 2.21. The quantitative estimate of drug-likeness (QED) is 0.830. The number of likely N-dealkylation sites (N-methyl/N-ethyl adjacent to an activating group) is 1. The van der Waals surface area contributed by atoms with Crippen LogP contribution in [0.5, 0.6) is 0 Å². The van der Waals surface area contributed by atoms with Gasteiger partial charge in [0.1, 0.15) is 0 Å². The average molecular weight is 223 g/mol. The molecule has 3 heteroatoms. The van der Waals surface area contributed by atoms with E-state index in [1.165, 1.54) is 0 Å². The maximum atomic E-state index is 9.41. The van der Waals surface area contributed by atoms with Crippen molar-refractivity contribution in [1.29, 1.82) is 0 Å². The van der Waals surface area contributed by atoms with Crippen LogP contribution in [0.3, 0.4) is 0 Å². The molecule has 0 fully saturated rings. The minimum absolute atomic E-state index is 0.336. The van der Waals surface area contributed by atoms with Gasteiger partial charge >= 0.3 is 0 Å². The van der Waals surface area contributed by atoms with Gasteiger partial charge in [-0.3, -0.25) is 0 Å². The lowest BCUT2D eigenvalue weighted by molar-refractivity contribution is 0.183. The fourth-order valence-electron chi connectivity index (χ4n) is 1.60. The molecule has 0 heterocycles. The van der Waals surface area contributed by atoms with E-state index in [0.717, 1.165) is 11.3 Å². The lowest BCUT2D eigenvalue weighted by Crippen LogP contribution is -2.32. The van der Waals surface area contributed by atoms with Crippen LogP contribution in [0.2, 0.25) is 0 Å². The molecule has 0 bridgehead atoms. The fraction of sp³-hybridized carbons (Fsp3) is 0.538. The maximum absolute atomic E-state index is 9.41. The van der Waals surface area contributed by atoms with Crippen LogP contribution >= 0.6 is 0 Å². The molecule has 1 rings (SSSR count). The third-order valence-electron chi connectivity index (χ3n) is 2.85. The molecule has 2 unspecified atom stereocenters. The summed E-state index contributed by atoms with van der Waals surface area (Å²) < 4.78 is 5.13. The van der Waals surface area contributed by atoms with E-state index in [1.807, 2.05) is 31.3 Å². The van der Waals surface area contributed by atoms with Crippen molar-refractivity contribution in [2.45, 2.75) is 26.0 Å². The Hall–Kier alpha value is -1.06. The van der Waals surface area contributed by atoms with Crippen molar-refractivity contribution in [3.05, 3.63) is 29.8 Å². The molecule has 16 heavy (non-hydrogen) atoms. The Morgan fingerprint density at radius 1 is 1.25 bits per heavy atom. The summed E-state index contributed by atoms with van der Waals surface area (Å²) in [6, 6.07) is 8.29. The normalized spacial score (nSPS) is 14.6. The van der Waals surface area contributed by atoms with Crippen molar-refractivity contribution in [3.63, 3.8) is 0 Å². The Morgan fingerprint density at radius 3 is 2.25 bits per heavy atom. The van der Waals surface area contributed by atoms with Gasteiger partial charge in [-0.1, -0.05) is 12.1 Å². The molecule has 0 amide bonds. The molecule has 1 N–H and O–H groups in total. The first-order valence-electron chi connectivity index (χ1n) is 5.56. The lowest BCUT2D eigenvalue weighted by atomic mass is 10.1. The molecule has 0 aliphatic rings. The highest BCUT2D eigenvalue weighted by Gasteiger charge is 2.09. The number of methoxy groups -OCH3 is 1. The summed E-state index contributed by atoms with van der Waals surface area (Å²) >= 11 is 0.